The second-order valence-corrected chi connectivity index (χ2v) is 3.08. The third-order valence-corrected chi connectivity index (χ3v) is 2.23. The number of hydrogen-bond donors (Lipinski definition) is 2. The summed E-state index contributed by atoms with van der Waals surface area (Å²) in [5, 5.41) is -0.309. The van der Waals surface area contributed by atoms with E-state index in [2.05, 4.69) is 0 Å². The number of furan rings is 1. The first-order valence-electron chi connectivity index (χ1n) is 3.97. The van der Waals surface area contributed by atoms with Crippen molar-refractivity contribution in [1.82, 2.24) is 9.97 Å². The van der Waals surface area contributed by atoms with Crippen molar-refractivity contribution in [2.24, 2.45) is 0 Å². The minimum absolute atomic E-state index is 0.154. The van der Waals surface area contributed by atoms with E-state index in [1.165, 1.54) is 0 Å². The SMILES string of the molecule is O=c1[nH]c(=O)c2c1oc1c(=O)[nH]c(=O)c12. The van der Waals surface area contributed by atoms with Crippen LogP contribution in [0.5, 0.6) is 0 Å². The van der Waals surface area contributed by atoms with E-state index in [1.807, 2.05) is 9.97 Å². The molecule has 0 aliphatic carbocycles. The van der Waals surface area contributed by atoms with Crippen LogP contribution in [0.2, 0.25) is 0 Å². The highest BCUT2D eigenvalue weighted by atomic mass is 16.3. The zero-order chi connectivity index (χ0) is 10.7. The van der Waals surface area contributed by atoms with Crippen LogP contribution in [0.25, 0.3) is 21.9 Å². The lowest BCUT2D eigenvalue weighted by Gasteiger charge is -1.69. The first-order valence-corrected chi connectivity index (χ1v) is 3.97. The maximum Gasteiger partial charge on any atom is 0.294 e. The summed E-state index contributed by atoms with van der Waals surface area (Å²) in [5.41, 5.74) is -3.44. The predicted octanol–water partition coefficient (Wildman–Crippen LogP) is -1.44. The van der Waals surface area contributed by atoms with Gasteiger partial charge in [-0.1, -0.05) is 0 Å². The summed E-state index contributed by atoms with van der Waals surface area (Å²) in [7, 11) is 0. The Morgan fingerprint density at radius 3 is 1.47 bits per heavy atom. The van der Waals surface area contributed by atoms with Gasteiger partial charge in [0, 0.05) is 0 Å². The summed E-state index contributed by atoms with van der Waals surface area (Å²) in [5.74, 6) is 0. The van der Waals surface area contributed by atoms with Gasteiger partial charge in [-0.05, 0) is 0 Å². The molecule has 0 atom stereocenters. The Morgan fingerprint density at radius 1 is 0.667 bits per heavy atom. The van der Waals surface area contributed by atoms with E-state index in [9.17, 15) is 19.2 Å². The normalized spacial score (nSPS) is 11.7. The van der Waals surface area contributed by atoms with Crippen LogP contribution in [0.3, 0.4) is 0 Å². The Labute approximate surface area is 78.7 Å². The minimum atomic E-state index is -0.731. The highest BCUT2D eigenvalue weighted by Gasteiger charge is 2.21. The third kappa shape index (κ3) is 0.749. The number of hydrogen-bond acceptors (Lipinski definition) is 5. The van der Waals surface area contributed by atoms with Gasteiger partial charge >= 0.3 is 0 Å². The first-order chi connectivity index (χ1) is 7.09. The summed E-state index contributed by atoms with van der Waals surface area (Å²) in [6.45, 7) is 0. The lowest BCUT2D eigenvalue weighted by molar-refractivity contribution is 0.660. The maximum atomic E-state index is 11.3. The smallest absolute Gasteiger partial charge is 0.294 e. The molecule has 2 N–H and O–H groups in total. The molecule has 0 radical (unpaired) electrons. The number of H-pyrrole nitrogens is 2. The second kappa shape index (κ2) is 2.14. The van der Waals surface area contributed by atoms with Gasteiger partial charge < -0.3 is 4.42 Å². The van der Waals surface area contributed by atoms with Crippen LogP contribution in [0.15, 0.2) is 23.6 Å². The molecule has 0 unspecified atom stereocenters. The van der Waals surface area contributed by atoms with E-state index >= 15 is 0 Å². The molecule has 7 nitrogen and oxygen atoms in total. The number of aromatic amines is 2. The largest absolute Gasteiger partial charge is 0.444 e. The molecule has 0 aliphatic heterocycles. The van der Waals surface area contributed by atoms with Gasteiger partial charge in [0.25, 0.3) is 22.2 Å². The summed E-state index contributed by atoms with van der Waals surface area (Å²) in [4.78, 5) is 48.7. The predicted molar refractivity (Wildman–Crippen MR) is 49.9 cm³/mol. The van der Waals surface area contributed by atoms with Gasteiger partial charge in [-0.3, -0.25) is 29.1 Å². The zero-order valence-corrected chi connectivity index (χ0v) is 7.04. The molecular formula is C8H2N2O5. The standard InChI is InChI=1S/C8H2N2O5/c11-5-1-2-4(8(14)10-6(2)12)15-3(1)7(13)9-5/h(H,9,11,13)(H,10,12,14). The molecule has 0 fully saturated rings. The molecule has 3 rings (SSSR count). The Balaban J connectivity index is 2.94. The molecule has 0 amide bonds. The van der Waals surface area contributed by atoms with Crippen LogP contribution in [0.4, 0.5) is 0 Å². The molecule has 0 aromatic carbocycles. The second-order valence-electron chi connectivity index (χ2n) is 3.08. The van der Waals surface area contributed by atoms with Gasteiger partial charge in [0.2, 0.25) is 11.2 Å². The van der Waals surface area contributed by atoms with Gasteiger partial charge in [-0.15, -0.1) is 0 Å². The maximum absolute atomic E-state index is 11.3. The van der Waals surface area contributed by atoms with Gasteiger partial charge in [0.05, 0.1) is 0 Å². The Hall–Kier alpha value is -2.44. The quantitative estimate of drug-likeness (QED) is 0.467. The third-order valence-electron chi connectivity index (χ3n) is 2.23. The van der Waals surface area contributed by atoms with Gasteiger partial charge in [0.15, 0.2) is 0 Å². The highest BCUT2D eigenvalue weighted by molar-refractivity contribution is 6.03. The van der Waals surface area contributed by atoms with Crippen LogP contribution in [-0.4, -0.2) is 9.97 Å². The lowest BCUT2D eigenvalue weighted by Crippen LogP contribution is -2.07. The molecule has 0 bridgehead atoms. The molecule has 0 spiro atoms. The van der Waals surface area contributed by atoms with Crippen LogP contribution >= 0.6 is 0 Å². The molecule has 15 heavy (non-hydrogen) atoms. The summed E-state index contributed by atoms with van der Waals surface area (Å²) < 4.78 is 4.87. The number of aromatic nitrogens is 2. The van der Waals surface area contributed by atoms with Crippen molar-refractivity contribution < 1.29 is 4.42 Å². The summed E-state index contributed by atoms with van der Waals surface area (Å²) >= 11 is 0. The van der Waals surface area contributed by atoms with Crippen molar-refractivity contribution in [3.05, 3.63) is 41.4 Å². The average molecular weight is 206 g/mol. The van der Waals surface area contributed by atoms with Crippen molar-refractivity contribution in [1.29, 1.82) is 0 Å². The van der Waals surface area contributed by atoms with Crippen molar-refractivity contribution in [2.75, 3.05) is 0 Å². The fraction of sp³-hybridized carbons (Fsp3) is 0. The molecule has 0 saturated carbocycles. The van der Waals surface area contributed by atoms with Crippen LogP contribution < -0.4 is 22.2 Å². The summed E-state index contributed by atoms with van der Waals surface area (Å²) in [6, 6.07) is 0. The molecule has 7 heteroatoms. The topological polar surface area (TPSA) is 113 Å². The van der Waals surface area contributed by atoms with Crippen molar-refractivity contribution in [3.63, 3.8) is 0 Å². The molecule has 74 valence electrons. The van der Waals surface area contributed by atoms with Gasteiger partial charge in [-0.25, -0.2) is 0 Å². The molecule has 3 heterocycles. The molecule has 0 saturated heterocycles. The van der Waals surface area contributed by atoms with E-state index in [0.717, 1.165) is 0 Å². The fourth-order valence-electron chi connectivity index (χ4n) is 1.63. The number of rotatable bonds is 0. The van der Waals surface area contributed by atoms with Gasteiger partial charge in [-0.2, -0.15) is 0 Å². The minimum Gasteiger partial charge on any atom is -0.444 e. The fourth-order valence-corrected chi connectivity index (χ4v) is 1.63. The van der Waals surface area contributed by atoms with E-state index in [1.54, 1.807) is 0 Å². The van der Waals surface area contributed by atoms with Crippen LogP contribution in [0, 0.1) is 0 Å². The van der Waals surface area contributed by atoms with Crippen molar-refractivity contribution in [2.45, 2.75) is 0 Å². The Bertz CT molecular complexity index is 811. The molecule has 0 aliphatic rings. The van der Waals surface area contributed by atoms with Crippen LogP contribution in [-0.2, 0) is 0 Å². The zero-order valence-electron chi connectivity index (χ0n) is 7.04. The average Bonchev–Trinajstić information content (AvgIpc) is 2.72. The molecule has 3 aromatic heterocycles. The van der Waals surface area contributed by atoms with Crippen molar-refractivity contribution in [3.8, 4) is 0 Å². The van der Waals surface area contributed by atoms with Gasteiger partial charge in [0.1, 0.15) is 10.8 Å². The van der Waals surface area contributed by atoms with E-state index < -0.39 is 22.2 Å². The van der Waals surface area contributed by atoms with E-state index in [0.29, 0.717) is 0 Å². The first kappa shape index (κ1) is 7.92. The Kier molecular flexibility index (Phi) is 1.13. The monoisotopic (exact) mass is 206 g/mol. The number of nitrogens with one attached hydrogen (secondary N) is 2. The van der Waals surface area contributed by atoms with Crippen molar-refractivity contribution >= 4 is 21.9 Å². The highest BCUT2D eigenvalue weighted by Crippen LogP contribution is 2.17. The Morgan fingerprint density at radius 2 is 1.07 bits per heavy atom. The molecule has 3 aromatic rings. The lowest BCUT2D eigenvalue weighted by atomic mass is 10.3. The van der Waals surface area contributed by atoms with E-state index in [-0.39, 0.29) is 21.9 Å². The summed E-state index contributed by atoms with van der Waals surface area (Å²) in [6.07, 6.45) is 0. The van der Waals surface area contributed by atoms with Crippen LogP contribution in [0.1, 0.15) is 0 Å². The van der Waals surface area contributed by atoms with E-state index in [4.69, 9.17) is 4.42 Å². The number of fused-ring (bicyclic) bond motifs is 3. The molecular weight excluding hydrogens is 204 g/mol.